The van der Waals surface area contributed by atoms with E-state index >= 15 is 0 Å². The molecule has 2 N–H and O–H groups in total. The van der Waals surface area contributed by atoms with Crippen LogP contribution in [-0.2, 0) is 0 Å². The van der Waals surface area contributed by atoms with Crippen LogP contribution in [0.25, 0.3) is 10.8 Å². The third kappa shape index (κ3) is 2.15. The molecule has 0 spiro atoms. The number of nitrogens with two attached hydrogens (primary N) is 1. The Morgan fingerprint density at radius 2 is 1.81 bits per heavy atom. The van der Waals surface area contributed by atoms with E-state index in [1.165, 1.54) is 4.90 Å². The summed E-state index contributed by atoms with van der Waals surface area (Å²) < 4.78 is 38.7. The standard InChI is InChI=1S/C15H13F3N2O/c16-15(17,18)10(7-19)8-20-12-6-2-4-9-3-1-5-11(13(9)12)14(20)21/h1-6,10H,7-8,19H2. The molecule has 1 aliphatic rings. The van der Waals surface area contributed by atoms with E-state index in [4.69, 9.17) is 5.73 Å². The summed E-state index contributed by atoms with van der Waals surface area (Å²) in [5.74, 6) is -2.13. The number of hydrogen-bond acceptors (Lipinski definition) is 2. The first-order valence-electron chi connectivity index (χ1n) is 6.54. The summed E-state index contributed by atoms with van der Waals surface area (Å²) in [4.78, 5) is 13.6. The first-order valence-corrected chi connectivity index (χ1v) is 6.54. The molecule has 3 nitrogen and oxygen atoms in total. The largest absolute Gasteiger partial charge is 0.394 e. The highest BCUT2D eigenvalue weighted by molar-refractivity contribution is 6.25. The molecule has 6 heteroatoms. The molecule has 1 atom stereocenters. The number of amides is 1. The van der Waals surface area contributed by atoms with Crippen molar-refractivity contribution < 1.29 is 18.0 Å². The fourth-order valence-corrected chi connectivity index (χ4v) is 2.69. The van der Waals surface area contributed by atoms with Crippen LogP contribution in [0.2, 0.25) is 0 Å². The minimum atomic E-state index is -4.42. The van der Waals surface area contributed by atoms with Crippen molar-refractivity contribution in [3.05, 3.63) is 42.0 Å². The molecule has 1 amide bonds. The van der Waals surface area contributed by atoms with Gasteiger partial charge in [0.1, 0.15) is 0 Å². The highest BCUT2D eigenvalue weighted by Crippen LogP contribution is 2.38. The second-order valence-corrected chi connectivity index (χ2v) is 5.07. The van der Waals surface area contributed by atoms with Crippen molar-refractivity contribution in [1.82, 2.24) is 0 Å². The van der Waals surface area contributed by atoms with Crippen LogP contribution in [0.5, 0.6) is 0 Å². The Labute approximate surface area is 119 Å². The first kappa shape index (κ1) is 13.9. The Hall–Kier alpha value is -2.08. The summed E-state index contributed by atoms with van der Waals surface area (Å²) in [5.41, 5.74) is 6.20. The zero-order valence-corrected chi connectivity index (χ0v) is 11.0. The van der Waals surface area contributed by atoms with Crippen LogP contribution in [0.1, 0.15) is 10.4 Å². The van der Waals surface area contributed by atoms with E-state index in [1.54, 1.807) is 24.3 Å². The quantitative estimate of drug-likeness (QED) is 0.946. The van der Waals surface area contributed by atoms with Gasteiger partial charge in [-0.15, -0.1) is 0 Å². The maximum atomic E-state index is 12.9. The van der Waals surface area contributed by atoms with Crippen molar-refractivity contribution in [1.29, 1.82) is 0 Å². The molecule has 21 heavy (non-hydrogen) atoms. The molecule has 0 aliphatic carbocycles. The minimum absolute atomic E-state index is 0.399. The molecule has 0 saturated heterocycles. The molecule has 3 rings (SSSR count). The minimum Gasteiger partial charge on any atom is -0.330 e. The Morgan fingerprint density at radius 1 is 1.14 bits per heavy atom. The lowest BCUT2D eigenvalue weighted by atomic mass is 10.1. The number of nitrogens with zero attached hydrogens (tertiary/aromatic N) is 1. The van der Waals surface area contributed by atoms with Crippen molar-refractivity contribution in [3.63, 3.8) is 0 Å². The number of anilines is 1. The predicted octanol–water partition coefficient (Wildman–Crippen LogP) is 2.94. The molecule has 0 aromatic heterocycles. The smallest absolute Gasteiger partial charge is 0.330 e. The Morgan fingerprint density at radius 3 is 2.43 bits per heavy atom. The molecule has 110 valence electrons. The van der Waals surface area contributed by atoms with Crippen molar-refractivity contribution in [2.75, 3.05) is 18.0 Å². The molecule has 1 aliphatic heterocycles. The summed E-state index contributed by atoms with van der Waals surface area (Å²) in [5, 5.41) is 1.56. The van der Waals surface area contributed by atoms with E-state index < -0.39 is 31.1 Å². The number of carbonyl (C=O) groups is 1. The van der Waals surface area contributed by atoms with Gasteiger partial charge in [-0.05, 0) is 17.5 Å². The lowest BCUT2D eigenvalue weighted by Gasteiger charge is -2.25. The molecule has 0 fully saturated rings. The van der Waals surface area contributed by atoms with E-state index in [2.05, 4.69) is 0 Å². The first-order chi connectivity index (χ1) is 9.93. The fourth-order valence-electron chi connectivity index (χ4n) is 2.69. The van der Waals surface area contributed by atoms with Crippen molar-refractivity contribution in [2.24, 2.45) is 11.7 Å². The van der Waals surface area contributed by atoms with Gasteiger partial charge in [0, 0.05) is 24.0 Å². The summed E-state index contributed by atoms with van der Waals surface area (Å²) in [6.07, 6.45) is -4.42. The van der Waals surface area contributed by atoms with Crippen LogP contribution in [-0.4, -0.2) is 25.2 Å². The van der Waals surface area contributed by atoms with Gasteiger partial charge in [-0.2, -0.15) is 13.2 Å². The SMILES string of the molecule is NCC(CN1C(=O)c2cccc3cccc1c23)C(F)(F)F. The number of rotatable bonds is 3. The van der Waals surface area contributed by atoms with Gasteiger partial charge in [-0.1, -0.05) is 24.3 Å². The third-order valence-corrected chi connectivity index (χ3v) is 3.80. The lowest BCUT2D eigenvalue weighted by molar-refractivity contribution is -0.168. The number of carbonyl (C=O) groups excluding carboxylic acids is 1. The summed E-state index contributed by atoms with van der Waals surface area (Å²) in [6.45, 7) is -0.994. The molecule has 2 aromatic carbocycles. The van der Waals surface area contributed by atoms with Crippen molar-refractivity contribution in [2.45, 2.75) is 6.18 Å². The van der Waals surface area contributed by atoms with Gasteiger partial charge in [0.2, 0.25) is 0 Å². The third-order valence-electron chi connectivity index (χ3n) is 3.80. The van der Waals surface area contributed by atoms with E-state index in [0.717, 1.165) is 5.39 Å². The highest BCUT2D eigenvalue weighted by atomic mass is 19.4. The monoisotopic (exact) mass is 294 g/mol. The van der Waals surface area contributed by atoms with Crippen LogP contribution in [0, 0.1) is 5.92 Å². The molecule has 0 bridgehead atoms. The van der Waals surface area contributed by atoms with Gasteiger partial charge in [0.05, 0.1) is 11.6 Å². The van der Waals surface area contributed by atoms with Crippen LogP contribution in [0.3, 0.4) is 0 Å². The number of hydrogen-bond donors (Lipinski definition) is 1. The average Bonchev–Trinajstić information content (AvgIpc) is 2.71. The van der Waals surface area contributed by atoms with Crippen LogP contribution in [0.15, 0.2) is 36.4 Å². The maximum absolute atomic E-state index is 12.9. The molecular weight excluding hydrogens is 281 g/mol. The maximum Gasteiger partial charge on any atom is 0.394 e. The van der Waals surface area contributed by atoms with Crippen LogP contribution in [0.4, 0.5) is 18.9 Å². The number of alkyl halides is 3. The van der Waals surface area contributed by atoms with Gasteiger partial charge in [0.15, 0.2) is 0 Å². The van der Waals surface area contributed by atoms with E-state index in [-0.39, 0.29) is 0 Å². The van der Waals surface area contributed by atoms with E-state index in [9.17, 15) is 18.0 Å². The van der Waals surface area contributed by atoms with Crippen molar-refractivity contribution >= 4 is 22.4 Å². The van der Waals surface area contributed by atoms with Crippen molar-refractivity contribution in [3.8, 4) is 0 Å². The zero-order chi connectivity index (χ0) is 15.2. The molecular formula is C15H13F3N2O. The highest BCUT2D eigenvalue weighted by Gasteiger charge is 2.42. The van der Waals surface area contributed by atoms with E-state index in [1.807, 2.05) is 12.1 Å². The van der Waals surface area contributed by atoms with Crippen LogP contribution >= 0.6 is 0 Å². The summed E-state index contributed by atoms with van der Waals surface area (Å²) in [6, 6.07) is 10.4. The second kappa shape index (κ2) is 4.73. The Balaban J connectivity index is 2.04. The summed E-state index contributed by atoms with van der Waals surface area (Å²) >= 11 is 0. The lowest BCUT2D eigenvalue weighted by Crippen LogP contribution is -2.42. The second-order valence-electron chi connectivity index (χ2n) is 5.07. The molecule has 2 aromatic rings. The van der Waals surface area contributed by atoms with Gasteiger partial charge < -0.3 is 10.6 Å². The van der Waals surface area contributed by atoms with Gasteiger partial charge >= 0.3 is 6.18 Å². The van der Waals surface area contributed by atoms with Gasteiger partial charge in [0.25, 0.3) is 5.91 Å². The molecule has 0 radical (unpaired) electrons. The Bertz CT molecular complexity index is 706. The topological polar surface area (TPSA) is 46.3 Å². The molecule has 1 heterocycles. The Kier molecular flexibility index (Phi) is 3.13. The predicted molar refractivity (Wildman–Crippen MR) is 74.2 cm³/mol. The zero-order valence-electron chi connectivity index (χ0n) is 11.0. The van der Waals surface area contributed by atoms with Crippen LogP contribution < -0.4 is 10.6 Å². The van der Waals surface area contributed by atoms with E-state index in [0.29, 0.717) is 16.6 Å². The number of benzene rings is 2. The normalized spacial score (nSPS) is 15.8. The molecule has 0 saturated carbocycles. The average molecular weight is 294 g/mol. The number of halogens is 3. The summed E-state index contributed by atoms with van der Waals surface area (Å²) in [7, 11) is 0. The molecule has 1 unspecified atom stereocenters. The fraction of sp³-hybridized carbons (Fsp3) is 0.267. The van der Waals surface area contributed by atoms with Gasteiger partial charge in [-0.25, -0.2) is 0 Å². The van der Waals surface area contributed by atoms with Gasteiger partial charge in [-0.3, -0.25) is 4.79 Å².